The molecule has 2 aliphatic heterocycles. The number of nitrogens with two attached hydrogens (primary N) is 2. The van der Waals surface area contributed by atoms with Gasteiger partial charge in [0.05, 0.1) is 34.3 Å². The zero-order valence-corrected chi connectivity index (χ0v) is 24.8. The zero-order valence-electron chi connectivity index (χ0n) is 24.0. The monoisotopic (exact) mass is 613 g/mol. The topological polar surface area (TPSA) is 164 Å². The van der Waals surface area contributed by atoms with Crippen LogP contribution in [0.3, 0.4) is 0 Å². The van der Waals surface area contributed by atoms with Gasteiger partial charge in [-0.05, 0) is 75.6 Å². The third-order valence-electron chi connectivity index (χ3n) is 7.87. The minimum atomic E-state index is -1.34. The summed E-state index contributed by atoms with van der Waals surface area (Å²) in [6, 6.07) is 6.44. The van der Waals surface area contributed by atoms with Gasteiger partial charge in [-0.2, -0.15) is 0 Å². The highest BCUT2D eigenvalue weighted by Gasteiger charge is 2.27. The predicted molar refractivity (Wildman–Crippen MR) is 164 cm³/mol. The fourth-order valence-corrected chi connectivity index (χ4v) is 5.95. The maximum Gasteiger partial charge on any atom is 0.231 e. The van der Waals surface area contributed by atoms with Crippen LogP contribution in [0.2, 0.25) is 5.02 Å². The van der Waals surface area contributed by atoms with Crippen LogP contribution >= 0.6 is 11.6 Å². The van der Waals surface area contributed by atoms with Crippen molar-refractivity contribution in [3.63, 3.8) is 0 Å². The summed E-state index contributed by atoms with van der Waals surface area (Å²) in [5.74, 6) is -1.11. The van der Waals surface area contributed by atoms with Crippen molar-refractivity contribution in [3.8, 4) is 11.3 Å². The molecule has 0 amide bonds. The molecular weight excluding hydrogens is 576 g/mol. The highest BCUT2D eigenvalue weighted by atomic mass is 35.5. The van der Waals surface area contributed by atoms with E-state index in [1.165, 1.54) is 17.2 Å². The van der Waals surface area contributed by atoms with Gasteiger partial charge in [-0.1, -0.05) is 11.6 Å². The third-order valence-corrected chi connectivity index (χ3v) is 8.15. The number of hydrogen-bond acceptors (Lipinski definition) is 7. The van der Waals surface area contributed by atoms with Gasteiger partial charge < -0.3 is 37.1 Å². The second kappa shape index (κ2) is 13.4. The minimum Gasteiger partial charge on any atom is -0.370 e. The number of pyridine rings is 1. The normalized spacial score (nSPS) is 20.6. The molecule has 4 atom stereocenters. The van der Waals surface area contributed by atoms with E-state index in [4.69, 9.17) is 28.5 Å². The first-order valence-electron chi connectivity index (χ1n) is 14.6. The summed E-state index contributed by atoms with van der Waals surface area (Å²) < 4.78 is 30.5. The molecule has 13 heteroatoms. The number of benzene rings is 1. The van der Waals surface area contributed by atoms with Gasteiger partial charge >= 0.3 is 0 Å². The van der Waals surface area contributed by atoms with Crippen LogP contribution in [-0.4, -0.2) is 46.0 Å². The van der Waals surface area contributed by atoms with Gasteiger partial charge in [0.15, 0.2) is 11.8 Å². The molecule has 0 spiro atoms. The Balaban J connectivity index is 1.35. The molecule has 1 aromatic carbocycles. The number of nitrogens with one attached hydrogen (secondary N) is 4. The Kier molecular flexibility index (Phi) is 9.60. The van der Waals surface area contributed by atoms with Crippen molar-refractivity contribution in [1.29, 1.82) is 5.41 Å². The molecule has 2 aliphatic rings. The van der Waals surface area contributed by atoms with E-state index in [-0.39, 0.29) is 29.1 Å². The summed E-state index contributed by atoms with van der Waals surface area (Å²) in [6.07, 6.45) is 7.57. The molecule has 2 aromatic heterocycles. The average Bonchev–Trinajstić information content (AvgIpc) is 3.36. The number of aryl methyl sites for hydroxylation is 1. The Hall–Kier alpha value is -3.58. The number of halogens is 3. The standard InChI is InChI=1S/C30H38ClF2N9O/c1-16(34)4-2-5-17-10-21(26(33)22(31)11-17)25-12-18-15-42(30(43)41-28(18)40-25)20-13-23(32)27(38-14-20)24-7-3-6-19(39-24)8-9-37-29(35)36/h10-16,19,24,30,39,43H,2-9,34H2,1H3,(H,40,41)(H4,35,36,37)/t16-,19-,24-,30?/m0/s1. The molecular formula is C30H38ClF2N9O. The Morgan fingerprint density at radius 1 is 1.28 bits per heavy atom. The van der Waals surface area contributed by atoms with Crippen molar-refractivity contribution in [2.75, 3.05) is 11.4 Å². The lowest BCUT2D eigenvalue weighted by molar-refractivity contribution is 0.186. The Morgan fingerprint density at radius 2 is 2.09 bits per heavy atom. The Morgan fingerprint density at radius 3 is 2.84 bits per heavy atom. The van der Waals surface area contributed by atoms with Crippen LogP contribution in [0.1, 0.15) is 62.7 Å². The summed E-state index contributed by atoms with van der Waals surface area (Å²) in [4.78, 5) is 13.2. The van der Waals surface area contributed by atoms with Crippen LogP contribution in [0.15, 0.2) is 35.5 Å². The number of aromatic amines is 1. The van der Waals surface area contributed by atoms with Crippen molar-refractivity contribution in [1.82, 2.24) is 20.6 Å². The van der Waals surface area contributed by atoms with Crippen molar-refractivity contribution >= 4 is 29.4 Å². The van der Waals surface area contributed by atoms with E-state index >= 15 is 8.78 Å². The van der Waals surface area contributed by atoms with Crippen LogP contribution in [0, 0.1) is 17.0 Å². The van der Waals surface area contributed by atoms with Gasteiger partial charge in [0.25, 0.3) is 0 Å². The number of H-pyrrole nitrogens is 1. The number of rotatable bonds is 10. The lowest BCUT2D eigenvalue weighted by Crippen LogP contribution is -2.42. The van der Waals surface area contributed by atoms with Crippen LogP contribution < -0.4 is 37.7 Å². The van der Waals surface area contributed by atoms with Gasteiger partial charge in [0.1, 0.15) is 11.3 Å². The number of aromatic nitrogens is 2. The van der Waals surface area contributed by atoms with Gasteiger partial charge in [0.2, 0.25) is 6.35 Å². The number of aliphatic hydroxyl groups is 1. The highest BCUT2D eigenvalue weighted by molar-refractivity contribution is 6.31. The average molecular weight is 614 g/mol. The number of piperidine rings is 1. The molecule has 9 N–H and O–H groups in total. The Bertz CT molecular complexity index is 1590. The summed E-state index contributed by atoms with van der Waals surface area (Å²) in [6.45, 7) is 2.51. The first kappa shape index (κ1) is 30.9. The van der Waals surface area contributed by atoms with Gasteiger partial charge in [-0.15, -0.1) is 0 Å². The van der Waals surface area contributed by atoms with E-state index < -0.39 is 18.0 Å². The first-order chi connectivity index (χ1) is 20.6. The van der Waals surface area contributed by atoms with Crippen LogP contribution in [0.4, 0.5) is 14.5 Å². The number of anilines is 1. The minimum absolute atomic E-state index is 0.0246. The lowest BCUT2D eigenvalue weighted by atomic mass is 9.94. The number of guanidine groups is 1. The molecule has 1 unspecified atom stereocenters. The number of hydrogen-bond donors (Lipinski definition) is 7. The van der Waals surface area contributed by atoms with Crippen LogP contribution in [0.25, 0.3) is 17.5 Å². The summed E-state index contributed by atoms with van der Waals surface area (Å²) in [7, 11) is 0. The molecule has 3 aromatic rings. The molecule has 1 saturated heterocycles. The SMILES string of the molecule is C[C@H](N)CCCc1cc(Cl)c(F)c(-c2cc3c([nH]2)=NC(O)N(c2cnc([C@@H]4CCC[C@@H](CCNC(=N)N)N4)c(F)c2)C=3)c1. The van der Waals surface area contributed by atoms with Gasteiger partial charge in [0, 0.05) is 41.7 Å². The summed E-state index contributed by atoms with van der Waals surface area (Å²) in [5.41, 5.74) is 13.9. The van der Waals surface area contributed by atoms with Crippen molar-refractivity contribution in [3.05, 3.63) is 69.1 Å². The van der Waals surface area contributed by atoms with Crippen molar-refractivity contribution in [2.24, 2.45) is 16.5 Å². The summed E-state index contributed by atoms with van der Waals surface area (Å²) in [5, 5.41) is 25.0. The van der Waals surface area contributed by atoms with E-state index in [0.29, 0.717) is 46.3 Å². The van der Waals surface area contributed by atoms with E-state index in [0.717, 1.165) is 44.1 Å². The van der Waals surface area contributed by atoms with Crippen LogP contribution in [-0.2, 0) is 6.42 Å². The number of fused-ring (bicyclic) bond motifs is 1. The smallest absolute Gasteiger partial charge is 0.231 e. The zero-order chi connectivity index (χ0) is 30.7. The molecule has 0 bridgehead atoms. The van der Waals surface area contributed by atoms with Gasteiger partial charge in [-0.3, -0.25) is 10.4 Å². The summed E-state index contributed by atoms with van der Waals surface area (Å²) >= 11 is 6.23. The predicted octanol–water partition coefficient (Wildman–Crippen LogP) is 2.89. The van der Waals surface area contributed by atoms with E-state index in [1.807, 2.05) is 6.92 Å². The second-order valence-corrected chi connectivity index (χ2v) is 11.8. The molecule has 230 valence electrons. The quantitative estimate of drug-likeness (QED) is 0.136. The first-order valence-corrected chi connectivity index (χ1v) is 14.9. The maximum absolute atomic E-state index is 15.4. The molecule has 0 radical (unpaired) electrons. The number of aliphatic hydroxyl groups excluding tert-OH is 1. The molecule has 43 heavy (non-hydrogen) atoms. The van der Waals surface area contributed by atoms with E-state index in [2.05, 4.69) is 25.6 Å². The van der Waals surface area contributed by atoms with Crippen LogP contribution in [0.5, 0.6) is 0 Å². The fourth-order valence-electron chi connectivity index (χ4n) is 5.71. The lowest BCUT2D eigenvalue weighted by Gasteiger charge is -2.31. The largest absolute Gasteiger partial charge is 0.370 e. The second-order valence-electron chi connectivity index (χ2n) is 11.3. The molecule has 1 fully saturated rings. The molecule has 4 heterocycles. The maximum atomic E-state index is 15.4. The van der Waals surface area contributed by atoms with Crippen molar-refractivity contribution < 1.29 is 13.9 Å². The van der Waals surface area contributed by atoms with Crippen molar-refractivity contribution in [2.45, 2.75) is 76.3 Å². The fraction of sp³-hybridized carbons (Fsp3) is 0.433. The molecule has 5 rings (SSSR count). The highest BCUT2D eigenvalue weighted by Crippen LogP contribution is 2.31. The molecule has 0 saturated carbocycles. The van der Waals surface area contributed by atoms with E-state index in [1.54, 1.807) is 24.4 Å². The Labute approximate surface area is 253 Å². The number of nitrogens with zero attached hydrogens (tertiary/aromatic N) is 3. The molecule has 0 aliphatic carbocycles. The third kappa shape index (κ3) is 7.32. The molecule has 10 nitrogen and oxygen atoms in total. The van der Waals surface area contributed by atoms with Gasteiger partial charge in [-0.25, -0.2) is 13.8 Å². The van der Waals surface area contributed by atoms with E-state index in [9.17, 15) is 5.11 Å².